The summed E-state index contributed by atoms with van der Waals surface area (Å²) in [5.74, 6) is -1.54. The molecule has 2 saturated carbocycles. The van der Waals surface area contributed by atoms with Crippen LogP contribution in [0.1, 0.15) is 65.7 Å². The van der Waals surface area contributed by atoms with Crippen molar-refractivity contribution in [2.24, 2.45) is 11.3 Å². The lowest BCUT2D eigenvalue weighted by molar-refractivity contribution is -0.142. The predicted molar refractivity (Wildman–Crippen MR) is 121 cm³/mol. The van der Waals surface area contributed by atoms with Crippen molar-refractivity contribution in [1.82, 2.24) is 15.5 Å². The molecule has 3 amide bonds. The van der Waals surface area contributed by atoms with Gasteiger partial charge in [0.1, 0.15) is 23.5 Å². The van der Waals surface area contributed by atoms with Crippen LogP contribution in [0.3, 0.4) is 0 Å². The first-order valence-corrected chi connectivity index (χ1v) is 13.2. The van der Waals surface area contributed by atoms with Crippen LogP contribution in [0, 0.1) is 11.3 Å². The largest absolute Gasteiger partial charge is 0.446 e. The van der Waals surface area contributed by atoms with Gasteiger partial charge in [0.15, 0.2) is 0 Å². The summed E-state index contributed by atoms with van der Waals surface area (Å²) in [5.41, 5.74) is -0.646. The first-order valence-electron chi connectivity index (χ1n) is 11.6. The molecule has 0 aromatic heterocycles. The molecular weight excluding hydrogens is 449 g/mol. The van der Waals surface area contributed by atoms with Crippen molar-refractivity contribution in [2.75, 3.05) is 6.54 Å². The summed E-state index contributed by atoms with van der Waals surface area (Å²) >= 11 is 0. The minimum Gasteiger partial charge on any atom is -0.446 e. The molecule has 0 aromatic carbocycles. The highest BCUT2D eigenvalue weighted by molar-refractivity contribution is 7.54. The average molecular weight is 486 g/mol. The number of rotatable bonds is 7. The molecular formula is C22H36N3O7P. The second kappa shape index (κ2) is 9.39. The Morgan fingerprint density at radius 1 is 1.18 bits per heavy atom. The molecule has 1 heterocycles. The fraction of sp³-hybridized carbons (Fsp3) is 0.773. The number of nitrogens with zero attached hydrogens (tertiary/aromatic N) is 1. The number of nitrogens with one attached hydrogen (secondary N) is 2. The number of likely N-dealkylation sites (tertiary alicyclic amines) is 1. The maximum absolute atomic E-state index is 13.5. The van der Waals surface area contributed by atoms with Crippen molar-refractivity contribution < 1.29 is 33.5 Å². The van der Waals surface area contributed by atoms with Crippen molar-refractivity contribution in [3.63, 3.8) is 0 Å². The number of amides is 3. The first kappa shape index (κ1) is 25.7. The van der Waals surface area contributed by atoms with Crippen LogP contribution in [-0.2, 0) is 18.9 Å². The lowest BCUT2D eigenvalue weighted by Gasteiger charge is -2.35. The second-order valence-corrected chi connectivity index (χ2v) is 12.3. The van der Waals surface area contributed by atoms with Crippen molar-refractivity contribution in [3.8, 4) is 0 Å². The SMILES string of the molecule is C=C[C@@H]1C[C@]1(NC(=O)[C@@H]1CCCN1C(=O)C(NC(=O)OC1CCCC1)C(C)(C)C)P(=O)(O)O. The molecule has 4 atom stereocenters. The standard InChI is InChI=1S/C22H36N3O7P/c1-5-14-13-22(14,33(29,30)31)24-18(26)16-11-8-12-25(16)19(27)17(21(2,3)4)23-20(28)32-15-9-6-7-10-15/h5,14-17H,1,6-13H2,2-4H3,(H,23,28)(H,24,26)(H2,29,30,31)/t14-,16+,17?,22+/m1/s1. The van der Waals surface area contributed by atoms with Crippen LogP contribution in [0.2, 0.25) is 0 Å². The molecule has 186 valence electrons. The van der Waals surface area contributed by atoms with Gasteiger partial charge in [0.05, 0.1) is 0 Å². The third kappa shape index (κ3) is 5.44. The van der Waals surface area contributed by atoms with Crippen LogP contribution in [0.4, 0.5) is 4.79 Å². The van der Waals surface area contributed by atoms with E-state index in [1.165, 1.54) is 11.0 Å². The fourth-order valence-corrected chi connectivity index (χ4v) is 6.06. The Labute approximate surface area is 194 Å². The molecule has 3 rings (SSSR count). The Kier molecular flexibility index (Phi) is 7.32. The molecule has 0 radical (unpaired) electrons. The van der Waals surface area contributed by atoms with Gasteiger partial charge in [-0.05, 0) is 50.4 Å². The number of alkyl carbamates (subject to hydrolysis) is 1. The lowest BCUT2D eigenvalue weighted by atomic mass is 9.85. The topological polar surface area (TPSA) is 145 Å². The maximum Gasteiger partial charge on any atom is 0.408 e. The second-order valence-electron chi connectivity index (χ2n) is 10.4. The first-order chi connectivity index (χ1) is 15.3. The molecule has 11 heteroatoms. The Bertz CT molecular complexity index is 845. The van der Waals surface area contributed by atoms with Crippen LogP contribution in [0.25, 0.3) is 0 Å². The van der Waals surface area contributed by atoms with Crippen molar-refractivity contribution >= 4 is 25.5 Å². The summed E-state index contributed by atoms with van der Waals surface area (Å²) in [4.78, 5) is 60.0. The molecule has 4 N–H and O–H groups in total. The van der Waals surface area contributed by atoms with Crippen molar-refractivity contribution in [1.29, 1.82) is 0 Å². The number of carbonyl (C=O) groups excluding carboxylic acids is 3. The van der Waals surface area contributed by atoms with Crippen LogP contribution in [0.15, 0.2) is 12.7 Å². The lowest BCUT2D eigenvalue weighted by Crippen LogP contribution is -2.58. The smallest absolute Gasteiger partial charge is 0.408 e. The third-order valence-electron chi connectivity index (χ3n) is 6.92. The van der Waals surface area contributed by atoms with Crippen LogP contribution in [-0.4, -0.2) is 62.6 Å². The van der Waals surface area contributed by atoms with Gasteiger partial charge in [0, 0.05) is 12.5 Å². The molecule has 1 saturated heterocycles. The highest BCUT2D eigenvalue weighted by Gasteiger charge is 2.66. The van der Waals surface area contributed by atoms with Gasteiger partial charge in [-0.3, -0.25) is 14.2 Å². The Hall–Kier alpha value is -1.90. The zero-order valence-electron chi connectivity index (χ0n) is 19.6. The van der Waals surface area contributed by atoms with E-state index in [0.29, 0.717) is 19.4 Å². The van der Waals surface area contributed by atoms with E-state index in [9.17, 15) is 28.7 Å². The summed E-state index contributed by atoms with van der Waals surface area (Å²) in [5, 5.41) is 3.56. The molecule has 0 spiro atoms. The monoisotopic (exact) mass is 485 g/mol. The van der Waals surface area contributed by atoms with Crippen LogP contribution >= 0.6 is 7.60 Å². The summed E-state index contributed by atoms with van der Waals surface area (Å²) in [6, 6.07) is -1.79. The van der Waals surface area contributed by atoms with Gasteiger partial charge in [-0.15, -0.1) is 6.58 Å². The average Bonchev–Trinajstić information content (AvgIpc) is 3.07. The third-order valence-corrected chi connectivity index (χ3v) is 8.58. The molecule has 3 aliphatic rings. The molecule has 2 aliphatic carbocycles. The summed E-state index contributed by atoms with van der Waals surface area (Å²) < 4.78 is 17.5. The molecule has 33 heavy (non-hydrogen) atoms. The number of ether oxygens (including phenoxy) is 1. The van der Waals surface area contributed by atoms with E-state index < -0.39 is 54.2 Å². The van der Waals surface area contributed by atoms with Gasteiger partial charge in [-0.25, -0.2) is 4.79 Å². The van der Waals surface area contributed by atoms with E-state index in [4.69, 9.17) is 4.74 Å². The van der Waals surface area contributed by atoms with Crippen LogP contribution in [0.5, 0.6) is 0 Å². The van der Waals surface area contributed by atoms with Gasteiger partial charge < -0.3 is 30.1 Å². The minimum absolute atomic E-state index is 0.104. The van der Waals surface area contributed by atoms with Gasteiger partial charge in [-0.2, -0.15) is 0 Å². The van der Waals surface area contributed by atoms with Gasteiger partial charge in [0.25, 0.3) is 0 Å². The van der Waals surface area contributed by atoms with Crippen molar-refractivity contribution in [3.05, 3.63) is 12.7 Å². The molecule has 0 aromatic rings. The quantitative estimate of drug-likeness (QED) is 0.320. The van der Waals surface area contributed by atoms with Crippen molar-refractivity contribution in [2.45, 2.75) is 89.2 Å². The van der Waals surface area contributed by atoms with E-state index in [0.717, 1.165) is 25.7 Å². The van der Waals surface area contributed by atoms with Gasteiger partial charge in [-0.1, -0.05) is 26.8 Å². The van der Waals surface area contributed by atoms with Gasteiger partial charge in [0.2, 0.25) is 11.8 Å². The summed E-state index contributed by atoms with van der Waals surface area (Å²) in [7, 11) is -4.63. The Morgan fingerprint density at radius 2 is 1.82 bits per heavy atom. The van der Waals surface area contributed by atoms with E-state index in [1.807, 2.05) is 20.8 Å². The summed E-state index contributed by atoms with van der Waals surface area (Å²) in [6.45, 7) is 9.35. The highest BCUT2D eigenvalue weighted by atomic mass is 31.2. The fourth-order valence-electron chi connectivity index (χ4n) is 4.83. The number of hydrogen-bond acceptors (Lipinski definition) is 5. The predicted octanol–water partition coefficient (Wildman–Crippen LogP) is 2.26. The summed E-state index contributed by atoms with van der Waals surface area (Å²) in [6.07, 6.45) is 5.30. The molecule has 3 fully saturated rings. The number of hydrogen-bond donors (Lipinski definition) is 4. The molecule has 10 nitrogen and oxygen atoms in total. The normalized spacial score (nSPS) is 28.8. The van der Waals surface area contributed by atoms with Gasteiger partial charge >= 0.3 is 13.7 Å². The maximum atomic E-state index is 13.5. The minimum atomic E-state index is -4.63. The molecule has 0 bridgehead atoms. The van der Waals surface area contributed by atoms with E-state index in [2.05, 4.69) is 17.2 Å². The Balaban J connectivity index is 1.71. The van der Waals surface area contributed by atoms with E-state index in [-0.39, 0.29) is 12.5 Å². The molecule has 1 unspecified atom stereocenters. The van der Waals surface area contributed by atoms with Crippen LogP contribution < -0.4 is 10.6 Å². The van der Waals surface area contributed by atoms with E-state index >= 15 is 0 Å². The van der Waals surface area contributed by atoms with E-state index in [1.54, 1.807) is 0 Å². The highest BCUT2D eigenvalue weighted by Crippen LogP contribution is 2.67. The zero-order valence-corrected chi connectivity index (χ0v) is 20.5. The zero-order chi connectivity index (χ0) is 24.6. The Morgan fingerprint density at radius 3 is 2.33 bits per heavy atom. The molecule has 1 aliphatic heterocycles. The number of carbonyl (C=O) groups is 3.